The molecule has 0 spiro atoms. The second-order valence-corrected chi connectivity index (χ2v) is 6.46. The lowest BCUT2D eigenvalue weighted by atomic mass is 10.1. The number of rotatable bonds is 4. The molecule has 1 fully saturated rings. The fraction of sp³-hybridized carbons (Fsp3) is 0.312. The molecule has 0 bridgehead atoms. The predicted octanol–water partition coefficient (Wildman–Crippen LogP) is 3.18. The van der Waals surface area contributed by atoms with Crippen LogP contribution in [0.2, 0.25) is 0 Å². The summed E-state index contributed by atoms with van der Waals surface area (Å²) in [6.45, 7) is 2.98. The smallest absolute Gasteiger partial charge is 0.231 e. The van der Waals surface area contributed by atoms with Gasteiger partial charge < -0.3 is 4.52 Å². The van der Waals surface area contributed by atoms with Gasteiger partial charge in [-0.25, -0.2) is 0 Å². The van der Waals surface area contributed by atoms with E-state index in [-0.39, 0.29) is 0 Å². The van der Waals surface area contributed by atoms with Crippen LogP contribution in [0.4, 0.5) is 0 Å². The van der Waals surface area contributed by atoms with Crippen molar-refractivity contribution in [3.63, 3.8) is 0 Å². The van der Waals surface area contributed by atoms with E-state index >= 15 is 0 Å². The first-order valence-electron chi connectivity index (χ1n) is 7.37. The lowest BCUT2D eigenvalue weighted by molar-refractivity contribution is 0.309. The van der Waals surface area contributed by atoms with Crippen molar-refractivity contribution in [1.82, 2.24) is 20.0 Å². The first-order valence-corrected chi connectivity index (χ1v) is 8.25. The van der Waals surface area contributed by atoms with Gasteiger partial charge in [-0.3, -0.25) is 9.88 Å². The summed E-state index contributed by atoms with van der Waals surface area (Å²) < 4.78 is 5.48. The highest BCUT2D eigenvalue weighted by molar-refractivity contribution is 7.13. The highest BCUT2D eigenvalue weighted by atomic mass is 32.1. The van der Waals surface area contributed by atoms with E-state index in [0.717, 1.165) is 36.8 Å². The third kappa shape index (κ3) is 2.80. The molecule has 0 N–H and O–H groups in total. The molecule has 1 atom stereocenters. The maximum absolute atomic E-state index is 5.48. The van der Waals surface area contributed by atoms with Crippen molar-refractivity contribution in [3.8, 4) is 10.7 Å². The first kappa shape index (κ1) is 13.6. The molecule has 4 rings (SSSR count). The summed E-state index contributed by atoms with van der Waals surface area (Å²) in [5.74, 6) is 1.81. The average Bonchev–Trinajstić information content (AvgIpc) is 3.29. The molecule has 0 aromatic carbocycles. The van der Waals surface area contributed by atoms with Crippen LogP contribution in [0.5, 0.6) is 0 Å². The van der Waals surface area contributed by atoms with E-state index in [1.165, 1.54) is 5.56 Å². The van der Waals surface area contributed by atoms with E-state index < -0.39 is 0 Å². The van der Waals surface area contributed by atoms with Gasteiger partial charge >= 0.3 is 0 Å². The highest BCUT2D eigenvalue weighted by Gasteiger charge is 2.28. The number of thiophene rings is 1. The minimum absolute atomic E-state index is 0.336. The van der Waals surface area contributed by atoms with Crippen molar-refractivity contribution in [2.75, 3.05) is 13.1 Å². The van der Waals surface area contributed by atoms with Gasteiger partial charge in [0, 0.05) is 25.5 Å². The van der Waals surface area contributed by atoms with Crippen molar-refractivity contribution < 1.29 is 4.52 Å². The second kappa shape index (κ2) is 5.98. The van der Waals surface area contributed by atoms with Crippen molar-refractivity contribution >= 4 is 11.3 Å². The van der Waals surface area contributed by atoms with Crippen LogP contribution in [-0.2, 0) is 6.54 Å². The summed E-state index contributed by atoms with van der Waals surface area (Å²) in [7, 11) is 0. The van der Waals surface area contributed by atoms with Crippen molar-refractivity contribution in [3.05, 3.63) is 53.5 Å². The molecular formula is C16H16N4OS. The number of nitrogens with zero attached hydrogens (tertiary/aromatic N) is 4. The van der Waals surface area contributed by atoms with Gasteiger partial charge in [0.25, 0.3) is 0 Å². The standard InChI is InChI=1S/C16H16N4OS/c1-2-14(22-9-1)15-18-16(21-19-15)13-5-8-20(11-13)10-12-3-6-17-7-4-12/h1-4,6-7,9,13H,5,8,10-11H2/t13-/m0/s1. The van der Waals surface area contributed by atoms with E-state index in [9.17, 15) is 0 Å². The molecule has 1 aliphatic heterocycles. The molecular weight excluding hydrogens is 296 g/mol. The molecule has 0 saturated carbocycles. The number of hydrogen-bond donors (Lipinski definition) is 0. The van der Waals surface area contributed by atoms with Gasteiger partial charge in [-0.05, 0) is 42.1 Å². The third-order valence-electron chi connectivity index (χ3n) is 3.96. The summed E-state index contributed by atoms with van der Waals surface area (Å²) in [6, 6.07) is 8.15. The molecule has 6 heteroatoms. The summed E-state index contributed by atoms with van der Waals surface area (Å²) >= 11 is 1.63. The Hall–Kier alpha value is -2.05. The largest absolute Gasteiger partial charge is 0.339 e. The Kier molecular flexibility index (Phi) is 3.70. The Balaban J connectivity index is 1.42. The highest BCUT2D eigenvalue weighted by Crippen LogP contribution is 2.29. The van der Waals surface area contributed by atoms with Crippen LogP contribution in [0.15, 0.2) is 46.6 Å². The van der Waals surface area contributed by atoms with Gasteiger partial charge in [-0.1, -0.05) is 11.2 Å². The van der Waals surface area contributed by atoms with Crippen molar-refractivity contribution in [2.24, 2.45) is 0 Å². The predicted molar refractivity (Wildman–Crippen MR) is 84.5 cm³/mol. The minimum atomic E-state index is 0.336. The first-order chi connectivity index (χ1) is 10.9. The van der Waals surface area contributed by atoms with Gasteiger partial charge in [0.05, 0.1) is 10.8 Å². The van der Waals surface area contributed by atoms with Crippen LogP contribution < -0.4 is 0 Å². The van der Waals surface area contributed by atoms with E-state index in [0.29, 0.717) is 11.7 Å². The molecule has 0 radical (unpaired) electrons. The SMILES string of the molecule is c1csc(-c2noc([C@H]3CCN(Cc4ccncc4)C3)n2)c1. The van der Waals surface area contributed by atoms with Crippen LogP contribution in [0.25, 0.3) is 10.7 Å². The Bertz CT molecular complexity index is 726. The third-order valence-corrected chi connectivity index (χ3v) is 4.83. The van der Waals surface area contributed by atoms with Gasteiger partial charge in [-0.15, -0.1) is 11.3 Å². The molecule has 1 saturated heterocycles. The maximum atomic E-state index is 5.48. The van der Waals surface area contributed by atoms with Crippen LogP contribution in [0.1, 0.15) is 23.8 Å². The van der Waals surface area contributed by atoms with Crippen LogP contribution in [-0.4, -0.2) is 33.1 Å². The van der Waals surface area contributed by atoms with Crippen LogP contribution in [0, 0.1) is 0 Å². The van der Waals surface area contributed by atoms with E-state index in [2.05, 4.69) is 32.2 Å². The Morgan fingerprint density at radius 1 is 1.27 bits per heavy atom. The molecule has 3 aromatic rings. The van der Waals surface area contributed by atoms with Crippen LogP contribution >= 0.6 is 11.3 Å². The number of aromatic nitrogens is 3. The maximum Gasteiger partial charge on any atom is 0.231 e. The lowest BCUT2D eigenvalue weighted by Crippen LogP contribution is -2.19. The summed E-state index contributed by atoms with van der Waals surface area (Å²) in [6.07, 6.45) is 4.75. The number of likely N-dealkylation sites (tertiary alicyclic amines) is 1. The minimum Gasteiger partial charge on any atom is -0.339 e. The molecule has 0 amide bonds. The van der Waals surface area contributed by atoms with Gasteiger partial charge in [0.2, 0.25) is 11.7 Å². The van der Waals surface area contributed by atoms with Crippen LogP contribution in [0.3, 0.4) is 0 Å². The quantitative estimate of drug-likeness (QED) is 0.740. The number of pyridine rings is 1. The molecule has 4 heterocycles. The normalized spacial score (nSPS) is 18.8. The number of hydrogen-bond acceptors (Lipinski definition) is 6. The zero-order chi connectivity index (χ0) is 14.8. The molecule has 112 valence electrons. The van der Waals surface area contributed by atoms with E-state index in [1.807, 2.05) is 29.9 Å². The van der Waals surface area contributed by atoms with Gasteiger partial charge in [-0.2, -0.15) is 4.98 Å². The fourth-order valence-electron chi connectivity index (χ4n) is 2.83. The molecule has 0 aliphatic carbocycles. The molecule has 0 unspecified atom stereocenters. The zero-order valence-electron chi connectivity index (χ0n) is 12.1. The summed E-state index contributed by atoms with van der Waals surface area (Å²) in [5, 5.41) is 6.13. The monoisotopic (exact) mass is 312 g/mol. The fourth-order valence-corrected chi connectivity index (χ4v) is 3.48. The summed E-state index contributed by atoms with van der Waals surface area (Å²) in [5.41, 5.74) is 1.29. The molecule has 22 heavy (non-hydrogen) atoms. The van der Waals surface area contributed by atoms with Gasteiger partial charge in [0.1, 0.15) is 0 Å². The molecule has 5 nitrogen and oxygen atoms in total. The van der Waals surface area contributed by atoms with Crippen molar-refractivity contribution in [2.45, 2.75) is 18.9 Å². The Morgan fingerprint density at radius 3 is 3.00 bits per heavy atom. The summed E-state index contributed by atoms with van der Waals surface area (Å²) in [4.78, 5) is 12.1. The molecule has 3 aromatic heterocycles. The van der Waals surface area contributed by atoms with E-state index in [4.69, 9.17) is 4.52 Å². The van der Waals surface area contributed by atoms with Gasteiger partial charge in [0.15, 0.2) is 0 Å². The lowest BCUT2D eigenvalue weighted by Gasteiger charge is -2.14. The molecule has 1 aliphatic rings. The second-order valence-electron chi connectivity index (χ2n) is 5.51. The van der Waals surface area contributed by atoms with Crippen molar-refractivity contribution in [1.29, 1.82) is 0 Å². The Morgan fingerprint density at radius 2 is 2.18 bits per heavy atom. The average molecular weight is 312 g/mol. The Labute approximate surface area is 132 Å². The van der Waals surface area contributed by atoms with E-state index in [1.54, 1.807) is 11.3 Å². The topological polar surface area (TPSA) is 55.1 Å². The zero-order valence-corrected chi connectivity index (χ0v) is 12.9.